The Kier molecular flexibility index (Phi) is 7.57. The number of imidazole rings is 1. The van der Waals surface area contributed by atoms with E-state index in [9.17, 15) is 9.59 Å². The van der Waals surface area contributed by atoms with Crippen molar-refractivity contribution in [3.63, 3.8) is 0 Å². The number of nitrogens with one attached hydrogen (secondary N) is 4. The number of H-pyrrole nitrogens is 2. The first-order chi connectivity index (χ1) is 18.9. The van der Waals surface area contributed by atoms with Gasteiger partial charge in [0.1, 0.15) is 11.4 Å². The number of nitrogens with zero attached hydrogens (tertiary/aromatic N) is 3. The van der Waals surface area contributed by atoms with Crippen molar-refractivity contribution in [2.24, 2.45) is 5.73 Å². The summed E-state index contributed by atoms with van der Waals surface area (Å²) in [7, 11) is 0. The van der Waals surface area contributed by atoms with Gasteiger partial charge in [-0.15, -0.1) is 0 Å². The summed E-state index contributed by atoms with van der Waals surface area (Å²) < 4.78 is 0. The van der Waals surface area contributed by atoms with Crippen LogP contribution in [0.1, 0.15) is 34.1 Å². The number of aromatic amines is 2. The van der Waals surface area contributed by atoms with Gasteiger partial charge in [0.2, 0.25) is 5.91 Å². The molecule has 39 heavy (non-hydrogen) atoms. The number of hydrogen-bond donors (Lipinski definition) is 5. The number of amides is 2. The summed E-state index contributed by atoms with van der Waals surface area (Å²) in [5.74, 6) is -0.766. The van der Waals surface area contributed by atoms with E-state index in [0.29, 0.717) is 17.9 Å². The fourth-order valence-corrected chi connectivity index (χ4v) is 4.45. The lowest BCUT2D eigenvalue weighted by Gasteiger charge is -2.11. The molecule has 5 aromatic rings. The average molecular weight is 523 g/mol. The van der Waals surface area contributed by atoms with Crippen molar-refractivity contribution < 1.29 is 9.59 Å². The number of carbonyl (C=O) groups is 2. The maximum Gasteiger partial charge on any atom is 0.275 e. The predicted molar refractivity (Wildman–Crippen MR) is 150 cm³/mol. The lowest BCUT2D eigenvalue weighted by Crippen LogP contribution is -2.44. The van der Waals surface area contributed by atoms with Crippen LogP contribution in [0.5, 0.6) is 0 Å². The Bertz CT molecular complexity index is 1620. The van der Waals surface area contributed by atoms with Crippen LogP contribution in [0, 0.1) is 6.92 Å². The molecule has 0 radical (unpaired) electrons. The van der Waals surface area contributed by atoms with Crippen molar-refractivity contribution in [3.05, 3.63) is 89.5 Å². The van der Waals surface area contributed by atoms with Crippen molar-refractivity contribution in [1.82, 2.24) is 35.8 Å². The second kappa shape index (κ2) is 11.4. The van der Waals surface area contributed by atoms with Gasteiger partial charge >= 0.3 is 0 Å². The van der Waals surface area contributed by atoms with Gasteiger partial charge in [0.15, 0.2) is 5.82 Å². The standard InChI is InChI=1S/C29H30N8O2/c1-3-31-13-20-14-32-15-22(17(20)2)19-9-10-24-21(12-19)26(37-36-24)27-33-16-25(34-27)29(39)35-28(38)23(30)11-18-7-5-4-6-8-18/h4-10,12,14-16,23,31H,3,11,13,30H2,1-2H3,(H,33,34)(H,36,37)(H,35,38,39)/t23-/m1/s1. The SMILES string of the molecule is CCNCc1cncc(-c2ccc3[nH]nc(-c4ncc(C(=O)NC(=O)[C@H](N)Cc5ccccc5)[nH]4)c3c2)c1C. The minimum Gasteiger partial charge on any atom is -0.333 e. The number of fused-ring (bicyclic) bond motifs is 1. The third-order valence-corrected chi connectivity index (χ3v) is 6.68. The second-order valence-corrected chi connectivity index (χ2v) is 9.34. The molecule has 198 valence electrons. The van der Waals surface area contributed by atoms with Crippen molar-refractivity contribution in [2.75, 3.05) is 6.54 Å². The van der Waals surface area contributed by atoms with Crippen molar-refractivity contribution in [3.8, 4) is 22.6 Å². The summed E-state index contributed by atoms with van der Waals surface area (Å²) in [5.41, 5.74) is 12.8. The third-order valence-electron chi connectivity index (χ3n) is 6.68. The molecule has 0 saturated carbocycles. The maximum atomic E-state index is 12.7. The van der Waals surface area contributed by atoms with Crippen LogP contribution in [0.25, 0.3) is 33.5 Å². The summed E-state index contributed by atoms with van der Waals surface area (Å²) >= 11 is 0. The van der Waals surface area contributed by atoms with Gasteiger partial charge in [-0.05, 0) is 54.3 Å². The van der Waals surface area contributed by atoms with Crippen molar-refractivity contribution in [2.45, 2.75) is 32.9 Å². The first kappa shape index (κ1) is 26.0. The highest BCUT2D eigenvalue weighted by Gasteiger charge is 2.21. The Morgan fingerprint density at radius 3 is 2.69 bits per heavy atom. The molecular formula is C29H30N8O2. The van der Waals surface area contributed by atoms with Gasteiger partial charge in [0.05, 0.1) is 17.8 Å². The quantitative estimate of drug-likeness (QED) is 0.199. The largest absolute Gasteiger partial charge is 0.333 e. The minimum atomic E-state index is -0.860. The molecule has 0 aliphatic heterocycles. The van der Waals surface area contributed by atoms with Crippen LogP contribution in [-0.2, 0) is 17.8 Å². The molecule has 0 bridgehead atoms. The first-order valence-corrected chi connectivity index (χ1v) is 12.8. The molecule has 0 spiro atoms. The summed E-state index contributed by atoms with van der Waals surface area (Å²) in [4.78, 5) is 37.0. The zero-order valence-corrected chi connectivity index (χ0v) is 21.8. The van der Waals surface area contributed by atoms with Gasteiger partial charge in [-0.3, -0.25) is 25.0 Å². The Labute approximate surface area is 225 Å². The van der Waals surface area contributed by atoms with E-state index in [2.05, 4.69) is 49.6 Å². The molecule has 0 saturated heterocycles. The molecule has 0 unspecified atom stereocenters. The third kappa shape index (κ3) is 5.62. The van der Waals surface area contributed by atoms with Gasteiger partial charge in [-0.1, -0.05) is 43.3 Å². The molecule has 3 heterocycles. The van der Waals surface area contributed by atoms with Crippen LogP contribution in [0.2, 0.25) is 0 Å². The molecular weight excluding hydrogens is 492 g/mol. The smallest absolute Gasteiger partial charge is 0.275 e. The Hall–Kier alpha value is -4.67. The molecule has 5 rings (SSSR count). The summed E-state index contributed by atoms with van der Waals surface area (Å²) in [6.07, 6.45) is 5.45. The number of aromatic nitrogens is 5. The molecule has 6 N–H and O–H groups in total. The molecule has 2 aromatic carbocycles. The van der Waals surface area contributed by atoms with E-state index in [4.69, 9.17) is 5.73 Å². The van der Waals surface area contributed by atoms with E-state index in [0.717, 1.165) is 51.8 Å². The maximum absolute atomic E-state index is 12.7. The van der Waals surface area contributed by atoms with Crippen LogP contribution >= 0.6 is 0 Å². The number of carbonyl (C=O) groups excluding carboxylic acids is 2. The van der Waals surface area contributed by atoms with Crippen LogP contribution < -0.4 is 16.4 Å². The minimum absolute atomic E-state index is 0.133. The first-order valence-electron chi connectivity index (χ1n) is 12.8. The topological polar surface area (TPSA) is 154 Å². The number of hydrogen-bond acceptors (Lipinski definition) is 7. The van der Waals surface area contributed by atoms with Gasteiger partial charge in [0.25, 0.3) is 5.91 Å². The van der Waals surface area contributed by atoms with E-state index in [1.807, 2.05) is 60.9 Å². The van der Waals surface area contributed by atoms with E-state index in [1.165, 1.54) is 6.20 Å². The van der Waals surface area contributed by atoms with E-state index in [1.54, 1.807) is 0 Å². The summed E-state index contributed by atoms with van der Waals surface area (Å²) in [6, 6.07) is 14.6. The summed E-state index contributed by atoms with van der Waals surface area (Å²) in [6.45, 7) is 5.79. The number of rotatable bonds is 9. The van der Waals surface area contributed by atoms with Crippen LogP contribution in [0.4, 0.5) is 0 Å². The predicted octanol–water partition coefficient (Wildman–Crippen LogP) is 3.26. The number of pyridine rings is 1. The molecule has 10 nitrogen and oxygen atoms in total. The Balaban J connectivity index is 1.35. The number of imide groups is 1. The highest BCUT2D eigenvalue weighted by molar-refractivity contribution is 6.05. The summed E-state index contributed by atoms with van der Waals surface area (Å²) in [5, 5.41) is 14.0. The fourth-order valence-electron chi connectivity index (χ4n) is 4.45. The van der Waals surface area contributed by atoms with Gasteiger partial charge in [-0.25, -0.2) is 4.98 Å². The molecule has 10 heteroatoms. The van der Waals surface area contributed by atoms with E-state index in [-0.39, 0.29) is 5.69 Å². The Morgan fingerprint density at radius 2 is 1.90 bits per heavy atom. The molecule has 0 fully saturated rings. The highest BCUT2D eigenvalue weighted by Crippen LogP contribution is 2.31. The van der Waals surface area contributed by atoms with E-state index < -0.39 is 17.9 Å². The van der Waals surface area contributed by atoms with Crippen LogP contribution in [0.15, 0.2) is 67.1 Å². The van der Waals surface area contributed by atoms with E-state index >= 15 is 0 Å². The molecule has 3 aromatic heterocycles. The highest BCUT2D eigenvalue weighted by atomic mass is 16.2. The van der Waals surface area contributed by atoms with Crippen molar-refractivity contribution >= 4 is 22.7 Å². The lowest BCUT2D eigenvalue weighted by molar-refractivity contribution is -0.121. The van der Waals surface area contributed by atoms with Gasteiger partial charge in [-0.2, -0.15) is 5.10 Å². The fraction of sp³-hybridized carbons (Fsp3) is 0.207. The zero-order valence-electron chi connectivity index (χ0n) is 21.8. The van der Waals surface area contributed by atoms with Gasteiger partial charge in [0, 0.05) is 29.9 Å². The lowest BCUT2D eigenvalue weighted by atomic mass is 9.98. The number of benzene rings is 2. The zero-order chi connectivity index (χ0) is 27.4. The van der Waals surface area contributed by atoms with Crippen LogP contribution in [0.3, 0.4) is 0 Å². The van der Waals surface area contributed by atoms with Gasteiger partial charge < -0.3 is 16.0 Å². The second-order valence-electron chi connectivity index (χ2n) is 9.34. The molecule has 1 atom stereocenters. The molecule has 2 amide bonds. The molecule has 0 aliphatic carbocycles. The van der Waals surface area contributed by atoms with Crippen LogP contribution in [-0.4, -0.2) is 49.6 Å². The molecule has 0 aliphatic rings. The normalized spacial score (nSPS) is 12.0. The number of nitrogens with two attached hydrogens (primary N) is 1. The Morgan fingerprint density at radius 1 is 1.08 bits per heavy atom. The average Bonchev–Trinajstić information content (AvgIpc) is 3.60. The monoisotopic (exact) mass is 522 g/mol. The van der Waals surface area contributed by atoms with Crippen molar-refractivity contribution in [1.29, 1.82) is 0 Å².